The zero-order chi connectivity index (χ0) is 29.9. The minimum absolute atomic E-state index is 0.152. The fraction of sp³-hybridized carbons (Fsp3) is 0.280. The molecule has 6 rings (SSSR count). The van der Waals surface area contributed by atoms with Crippen LogP contribution in [-0.4, -0.2) is 40.6 Å². The number of allylic oxidation sites excluding steroid dienone is 2. The van der Waals surface area contributed by atoms with Gasteiger partial charge in [-0.1, -0.05) is 18.2 Å². The maximum absolute atomic E-state index is 14.9. The molecule has 1 saturated heterocycles. The summed E-state index contributed by atoms with van der Waals surface area (Å²) in [6, 6.07) is 3.86. The van der Waals surface area contributed by atoms with Gasteiger partial charge in [-0.05, 0) is 23.3 Å². The Hall–Kier alpha value is -3.91. The van der Waals surface area contributed by atoms with E-state index in [-0.39, 0.29) is 28.3 Å². The number of phenols is 1. The highest BCUT2D eigenvalue weighted by atomic mass is 35.5. The number of aromatic nitrogens is 3. The molecule has 9 nitrogen and oxygen atoms in total. The van der Waals surface area contributed by atoms with Gasteiger partial charge in [-0.3, -0.25) is 9.59 Å². The van der Waals surface area contributed by atoms with Crippen LogP contribution in [-0.2, 0) is 23.2 Å². The van der Waals surface area contributed by atoms with Gasteiger partial charge in [0.25, 0.3) is 11.8 Å². The summed E-state index contributed by atoms with van der Waals surface area (Å²) >= 11 is 13.8. The van der Waals surface area contributed by atoms with Crippen molar-refractivity contribution in [3.8, 4) is 5.75 Å². The number of rotatable bonds is 2. The van der Waals surface area contributed by atoms with Gasteiger partial charge >= 0.3 is 11.4 Å². The third-order valence-corrected chi connectivity index (χ3v) is 9.32. The van der Waals surface area contributed by atoms with E-state index in [1.807, 2.05) is 0 Å². The standard InChI is InChI=1S/C25H15Cl2F5N4O5/c1-33-22(40)34-7-6-11-12(36(34)23(33)41)8-24(26)20(38)35(19-17(31)15(29)14(28)16(30)18(19)32)21(39)25(24,27)13(11)9-2-4-10(37)5-3-9/h2-6,12-13,37H,7-8H2,1H3/t12-,13+,24-,25+/m1/s1. The number of aromatic hydroxyl groups is 1. The largest absolute Gasteiger partial charge is 0.508 e. The monoisotopic (exact) mass is 616 g/mol. The second kappa shape index (κ2) is 8.55. The van der Waals surface area contributed by atoms with E-state index in [0.717, 1.165) is 13.9 Å². The molecule has 2 aliphatic heterocycles. The van der Waals surface area contributed by atoms with Gasteiger partial charge in [-0.15, -0.1) is 23.2 Å². The SMILES string of the molecule is Cn1c(=O)n2n(c1=O)[C@@H]1C[C@@]3(Cl)C(=O)N(c4c(F)c(F)c(F)c(F)c4F)C(=O)[C@@]3(Cl)[C@@H](c3ccc(O)cc3)C1=CC2. The quantitative estimate of drug-likeness (QED) is 0.119. The van der Waals surface area contributed by atoms with Crippen LogP contribution in [0.5, 0.6) is 5.75 Å². The Labute approximate surface area is 235 Å². The second-order valence-electron chi connectivity index (χ2n) is 9.88. The number of imide groups is 1. The molecule has 4 atom stereocenters. The van der Waals surface area contributed by atoms with E-state index in [4.69, 9.17) is 23.2 Å². The molecule has 0 radical (unpaired) electrons. The van der Waals surface area contributed by atoms with Crippen LogP contribution < -0.4 is 16.3 Å². The molecule has 3 aliphatic rings. The molecule has 1 aromatic heterocycles. The van der Waals surface area contributed by atoms with E-state index in [1.54, 1.807) is 0 Å². The molecule has 0 spiro atoms. The van der Waals surface area contributed by atoms with Crippen molar-refractivity contribution in [1.82, 2.24) is 13.9 Å². The number of carbonyl (C=O) groups excluding carboxylic acids is 2. The van der Waals surface area contributed by atoms with Crippen molar-refractivity contribution in [3.63, 3.8) is 0 Å². The molecule has 0 unspecified atom stereocenters. The highest BCUT2D eigenvalue weighted by molar-refractivity contribution is 6.58. The number of carbonyl (C=O) groups is 2. The first-order valence-corrected chi connectivity index (χ1v) is 12.6. The molecule has 16 heteroatoms. The van der Waals surface area contributed by atoms with Crippen LogP contribution in [0.15, 0.2) is 45.5 Å². The number of hydrogen-bond acceptors (Lipinski definition) is 5. The summed E-state index contributed by atoms with van der Waals surface area (Å²) in [5, 5.41) is 9.84. The van der Waals surface area contributed by atoms with Crippen LogP contribution in [0.25, 0.3) is 0 Å². The Morgan fingerprint density at radius 1 is 0.854 bits per heavy atom. The van der Waals surface area contributed by atoms with Crippen LogP contribution in [0.1, 0.15) is 23.9 Å². The predicted octanol–water partition coefficient (Wildman–Crippen LogP) is 2.95. The van der Waals surface area contributed by atoms with Crippen LogP contribution in [0, 0.1) is 29.1 Å². The number of amides is 2. The Morgan fingerprint density at radius 3 is 2.00 bits per heavy atom. The summed E-state index contributed by atoms with van der Waals surface area (Å²) in [5.41, 5.74) is -3.02. The van der Waals surface area contributed by atoms with Crippen molar-refractivity contribution in [2.45, 2.75) is 34.7 Å². The fourth-order valence-electron chi connectivity index (χ4n) is 5.98. The molecule has 2 amide bonds. The first-order chi connectivity index (χ1) is 19.2. The van der Waals surface area contributed by atoms with Gasteiger partial charge in [0.2, 0.25) is 5.82 Å². The predicted molar refractivity (Wildman–Crippen MR) is 132 cm³/mol. The van der Waals surface area contributed by atoms with Crippen LogP contribution in [0.4, 0.5) is 27.6 Å². The van der Waals surface area contributed by atoms with Crippen molar-refractivity contribution < 1.29 is 36.6 Å². The van der Waals surface area contributed by atoms with Gasteiger partial charge < -0.3 is 5.11 Å². The van der Waals surface area contributed by atoms with E-state index in [0.29, 0.717) is 0 Å². The zero-order valence-corrected chi connectivity index (χ0v) is 22.0. The van der Waals surface area contributed by atoms with Crippen molar-refractivity contribution in [1.29, 1.82) is 0 Å². The third kappa shape index (κ3) is 3.17. The van der Waals surface area contributed by atoms with E-state index >= 15 is 0 Å². The normalized spacial score (nSPS) is 27.0. The zero-order valence-electron chi connectivity index (χ0n) is 20.5. The average Bonchev–Trinajstić information content (AvgIpc) is 3.25. The van der Waals surface area contributed by atoms with E-state index < -0.39 is 86.1 Å². The van der Waals surface area contributed by atoms with Gasteiger partial charge in [0.05, 0.1) is 12.6 Å². The van der Waals surface area contributed by atoms with E-state index in [9.17, 15) is 46.2 Å². The summed E-state index contributed by atoms with van der Waals surface area (Å²) in [6.07, 6.45) is 0.792. The Kier molecular flexibility index (Phi) is 5.69. The molecule has 1 aliphatic carbocycles. The maximum atomic E-state index is 14.9. The molecule has 1 saturated carbocycles. The number of fused-ring (bicyclic) bond motifs is 4. The molecule has 1 N–H and O–H groups in total. The number of anilines is 1. The third-order valence-electron chi connectivity index (χ3n) is 7.91. The lowest BCUT2D eigenvalue weighted by Crippen LogP contribution is -2.59. The molecule has 41 heavy (non-hydrogen) atoms. The highest BCUT2D eigenvalue weighted by Gasteiger charge is 2.76. The van der Waals surface area contributed by atoms with E-state index in [2.05, 4.69) is 0 Å². The number of hydrogen-bond donors (Lipinski definition) is 1. The Bertz CT molecular complexity index is 1840. The van der Waals surface area contributed by atoms with Gasteiger partial charge in [0, 0.05) is 19.4 Å². The summed E-state index contributed by atoms with van der Waals surface area (Å²) in [7, 11) is 1.21. The van der Waals surface area contributed by atoms with Gasteiger partial charge in [-0.2, -0.15) is 0 Å². The molecular formula is C25H15Cl2F5N4O5. The summed E-state index contributed by atoms with van der Waals surface area (Å²) in [5.74, 6) is -17.1. The second-order valence-corrected chi connectivity index (χ2v) is 11.1. The average molecular weight is 617 g/mol. The summed E-state index contributed by atoms with van der Waals surface area (Å²) in [6.45, 7) is -0.179. The topological polar surface area (TPSA) is 107 Å². The lowest BCUT2D eigenvalue weighted by atomic mass is 9.64. The number of benzene rings is 2. The van der Waals surface area contributed by atoms with Crippen molar-refractivity contribution in [2.75, 3.05) is 4.90 Å². The minimum Gasteiger partial charge on any atom is -0.508 e. The molecule has 214 valence electrons. The molecule has 3 heterocycles. The first-order valence-electron chi connectivity index (χ1n) is 11.8. The smallest absolute Gasteiger partial charge is 0.347 e. The molecule has 2 aromatic carbocycles. The Morgan fingerprint density at radius 2 is 1.41 bits per heavy atom. The van der Waals surface area contributed by atoms with Crippen molar-refractivity contribution >= 4 is 40.7 Å². The van der Waals surface area contributed by atoms with Crippen molar-refractivity contribution in [2.24, 2.45) is 7.05 Å². The summed E-state index contributed by atoms with van der Waals surface area (Å²) in [4.78, 5) is 48.1. The fourth-order valence-corrected chi connectivity index (χ4v) is 6.89. The minimum atomic E-state index is -2.64. The Balaban J connectivity index is 1.65. The summed E-state index contributed by atoms with van der Waals surface area (Å²) < 4.78 is 74.8. The van der Waals surface area contributed by atoms with Gasteiger partial charge in [-0.25, -0.2) is 50.4 Å². The number of alkyl halides is 2. The lowest BCUT2D eigenvalue weighted by Gasteiger charge is -2.49. The first kappa shape index (κ1) is 27.3. The number of phenolic OH excluding ortho intramolecular Hbond substituents is 1. The number of halogens is 7. The molecule has 3 aromatic rings. The maximum Gasteiger partial charge on any atom is 0.347 e. The van der Waals surface area contributed by atoms with Crippen LogP contribution >= 0.6 is 23.2 Å². The number of nitrogens with zero attached hydrogens (tertiary/aromatic N) is 4. The van der Waals surface area contributed by atoms with Crippen LogP contribution in [0.3, 0.4) is 0 Å². The van der Waals surface area contributed by atoms with Gasteiger partial charge in [0.15, 0.2) is 33.0 Å². The highest BCUT2D eigenvalue weighted by Crippen LogP contribution is 2.64. The molecule has 0 bridgehead atoms. The van der Waals surface area contributed by atoms with E-state index in [1.165, 1.54) is 37.4 Å². The van der Waals surface area contributed by atoms with Crippen molar-refractivity contribution in [3.05, 3.63) is 91.5 Å². The van der Waals surface area contributed by atoms with Gasteiger partial charge in [0.1, 0.15) is 11.4 Å². The van der Waals surface area contributed by atoms with Crippen LogP contribution in [0.2, 0.25) is 0 Å². The molecular weight excluding hydrogens is 602 g/mol. The lowest BCUT2D eigenvalue weighted by molar-refractivity contribution is -0.122. The molecule has 2 fully saturated rings.